The molecule has 0 amide bonds. The molecule has 36 heavy (non-hydrogen) atoms. The Morgan fingerprint density at radius 2 is 1.69 bits per heavy atom. The smallest absolute Gasteiger partial charge is 0.314 e. The van der Waals surface area contributed by atoms with E-state index >= 15 is 0 Å². The molecule has 0 aromatic heterocycles. The summed E-state index contributed by atoms with van der Waals surface area (Å²) >= 11 is 0. The number of esters is 1. The fourth-order valence-corrected chi connectivity index (χ4v) is 9.31. The topological polar surface area (TPSA) is 55.8 Å². The second-order valence-electron chi connectivity index (χ2n) is 13.6. The molecule has 8 atom stereocenters. The monoisotopic (exact) mass is 496 g/mol. The first kappa shape index (κ1) is 26.2. The van der Waals surface area contributed by atoms with Gasteiger partial charge in [-0.2, -0.15) is 0 Å². The molecule has 4 aliphatic carbocycles. The molecule has 1 aromatic carbocycles. The zero-order valence-corrected chi connectivity index (χ0v) is 23.2. The van der Waals surface area contributed by atoms with Gasteiger partial charge in [-0.05, 0) is 119 Å². The first-order chi connectivity index (χ1) is 17.0. The predicted molar refractivity (Wildman–Crippen MR) is 142 cm³/mol. The summed E-state index contributed by atoms with van der Waals surface area (Å²) in [6.07, 6.45) is 10.2. The van der Waals surface area contributed by atoms with Crippen LogP contribution in [-0.4, -0.2) is 29.4 Å². The zero-order valence-electron chi connectivity index (χ0n) is 23.2. The summed E-state index contributed by atoms with van der Waals surface area (Å²) in [5.41, 5.74) is -0.0544. The van der Waals surface area contributed by atoms with Gasteiger partial charge in [-0.15, -0.1) is 0 Å². The number of ether oxygens (including phenoxy) is 2. The van der Waals surface area contributed by atoms with E-state index in [9.17, 15) is 9.90 Å². The summed E-state index contributed by atoms with van der Waals surface area (Å²) in [5, 5.41) is 11.8. The van der Waals surface area contributed by atoms with E-state index in [0.29, 0.717) is 25.0 Å². The average Bonchev–Trinajstić information content (AvgIpc) is 3.20. The highest BCUT2D eigenvalue weighted by Gasteiger charge is 2.63. The first-order valence-corrected chi connectivity index (χ1v) is 14.6. The minimum Gasteiger partial charge on any atom is -0.465 e. The Bertz CT molecular complexity index is 943. The third-order valence-electron chi connectivity index (χ3n) is 11.9. The van der Waals surface area contributed by atoms with Crippen molar-refractivity contribution in [3.8, 4) is 0 Å². The van der Waals surface area contributed by atoms with Crippen molar-refractivity contribution in [1.29, 1.82) is 0 Å². The molecule has 0 spiro atoms. The van der Waals surface area contributed by atoms with Crippen LogP contribution in [0.1, 0.15) is 98.0 Å². The Hall–Kier alpha value is -1.39. The van der Waals surface area contributed by atoms with Crippen molar-refractivity contribution in [1.82, 2.24) is 0 Å². The maximum atomic E-state index is 12.8. The summed E-state index contributed by atoms with van der Waals surface area (Å²) in [6, 6.07) is 10.6. The van der Waals surface area contributed by atoms with Crippen LogP contribution in [0.5, 0.6) is 0 Å². The van der Waals surface area contributed by atoms with E-state index in [1.807, 2.05) is 20.8 Å². The average molecular weight is 497 g/mol. The summed E-state index contributed by atoms with van der Waals surface area (Å²) in [6.45, 7) is 11.7. The van der Waals surface area contributed by atoms with Crippen LogP contribution in [0.3, 0.4) is 0 Å². The zero-order chi connectivity index (χ0) is 25.8. The highest BCUT2D eigenvalue weighted by atomic mass is 16.5. The van der Waals surface area contributed by atoms with Gasteiger partial charge in [0.05, 0.1) is 30.3 Å². The molecule has 0 bridgehead atoms. The quantitative estimate of drug-likeness (QED) is 0.434. The Morgan fingerprint density at radius 3 is 2.42 bits per heavy atom. The normalized spacial score (nSPS) is 42.2. The number of carbonyl (C=O) groups is 1. The molecule has 4 nitrogen and oxygen atoms in total. The molecule has 1 N–H and O–H groups in total. The van der Waals surface area contributed by atoms with Gasteiger partial charge in [-0.3, -0.25) is 4.79 Å². The van der Waals surface area contributed by atoms with Gasteiger partial charge in [0.15, 0.2) is 0 Å². The van der Waals surface area contributed by atoms with Crippen molar-refractivity contribution in [2.24, 2.45) is 39.9 Å². The van der Waals surface area contributed by atoms with Crippen molar-refractivity contribution in [3.63, 3.8) is 0 Å². The Balaban J connectivity index is 1.29. The molecule has 4 fully saturated rings. The van der Waals surface area contributed by atoms with Gasteiger partial charge in [0.1, 0.15) is 0 Å². The molecule has 200 valence electrons. The second-order valence-corrected chi connectivity index (χ2v) is 13.6. The molecule has 0 heterocycles. The van der Waals surface area contributed by atoms with E-state index in [-0.39, 0.29) is 16.8 Å². The Morgan fingerprint density at radius 1 is 0.972 bits per heavy atom. The van der Waals surface area contributed by atoms with E-state index in [1.54, 1.807) is 0 Å². The third-order valence-corrected chi connectivity index (χ3v) is 11.9. The number of fused-ring (bicyclic) bond motifs is 5. The van der Waals surface area contributed by atoms with Crippen molar-refractivity contribution in [2.75, 3.05) is 6.61 Å². The van der Waals surface area contributed by atoms with Crippen LogP contribution in [-0.2, 0) is 20.9 Å². The van der Waals surface area contributed by atoms with Gasteiger partial charge in [0.25, 0.3) is 0 Å². The van der Waals surface area contributed by atoms with E-state index in [2.05, 4.69) is 44.2 Å². The van der Waals surface area contributed by atoms with Gasteiger partial charge < -0.3 is 14.6 Å². The number of aliphatic hydroxyl groups is 1. The van der Waals surface area contributed by atoms with Gasteiger partial charge >= 0.3 is 5.97 Å². The fraction of sp³-hybridized carbons (Fsp3) is 0.781. The van der Waals surface area contributed by atoms with Gasteiger partial charge in [0.2, 0.25) is 0 Å². The van der Waals surface area contributed by atoms with Crippen molar-refractivity contribution < 1.29 is 19.4 Å². The van der Waals surface area contributed by atoms with E-state index in [0.717, 1.165) is 37.2 Å². The van der Waals surface area contributed by atoms with Crippen LogP contribution in [0.15, 0.2) is 30.3 Å². The van der Waals surface area contributed by atoms with Crippen LogP contribution in [0, 0.1) is 39.9 Å². The minimum absolute atomic E-state index is 0.254. The number of hydrogen-bond donors (Lipinski definition) is 1. The lowest BCUT2D eigenvalue weighted by atomic mass is 9.43. The van der Waals surface area contributed by atoms with E-state index in [1.165, 1.54) is 44.1 Å². The minimum atomic E-state index is -0.983. The van der Waals surface area contributed by atoms with Crippen LogP contribution in [0.2, 0.25) is 0 Å². The molecular weight excluding hydrogens is 448 g/mol. The molecule has 0 unspecified atom stereocenters. The number of rotatable bonds is 6. The molecule has 0 radical (unpaired) electrons. The highest BCUT2D eigenvalue weighted by molar-refractivity contribution is 5.77. The lowest BCUT2D eigenvalue weighted by molar-refractivity contribution is -0.200. The summed E-state index contributed by atoms with van der Waals surface area (Å²) in [4.78, 5) is 12.8. The summed E-state index contributed by atoms with van der Waals surface area (Å²) in [5.74, 6) is 2.44. The van der Waals surface area contributed by atoms with E-state index in [4.69, 9.17) is 9.47 Å². The van der Waals surface area contributed by atoms with Crippen LogP contribution in [0.25, 0.3) is 0 Å². The third kappa shape index (κ3) is 4.06. The maximum absolute atomic E-state index is 12.8. The van der Waals surface area contributed by atoms with Crippen molar-refractivity contribution >= 4 is 5.97 Å². The van der Waals surface area contributed by atoms with Crippen LogP contribution >= 0.6 is 0 Å². The molecule has 0 saturated heterocycles. The van der Waals surface area contributed by atoms with Gasteiger partial charge in [0, 0.05) is 0 Å². The predicted octanol–water partition coefficient (Wildman–Crippen LogP) is 6.93. The molecule has 0 aliphatic heterocycles. The fourth-order valence-electron chi connectivity index (χ4n) is 9.31. The molecule has 4 heteroatoms. The second kappa shape index (κ2) is 9.42. The molecular formula is C32H48O4. The molecule has 1 aromatic rings. The Kier molecular flexibility index (Phi) is 6.86. The number of carbonyl (C=O) groups excluding carboxylic acids is 1. The first-order valence-electron chi connectivity index (χ1n) is 14.6. The largest absolute Gasteiger partial charge is 0.465 e. The van der Waals surface area contributed by atoms with Crippen molar-refractivity contribution in [3.05, 3.63) is 35.9 Å². The number of benzene rings is 1. The summed E-state index contributed by atoms with van der Waals surface area (Å²) < 4.78 is 12.0. The lowest BCUT2D eigenvalue weighted by Gasteiger charge is -2.63. The Labute approximate surface area is 218 Å². The van der Waals surface area contributed by atoms with Gasteiger partial charge in [-0.1, -0.05) is 44.2 Å². The standard InChI is InChI=1S/C32H48O4/c1-6-35-28(33)29(2,3)32(34)19-18-30(4)23(20-32)12-13-24-25-14-15-27(31(25,5)17-16-26(24)30)36-21-22-10-8-7-9-11-22/h7-11,23-27,34H,6,12-21H2,1-5H3/t23-,24-,25+,26-,27-,30-,31-,32+/m0/s1. The molecule has 4 aliphatic rings. The number of hydrogen-bond acceptors (Lipinski definition) is 4. The molecule has 5 rings (SSSR count). The summed E-state index contributed by atoms with van der Waals surface area (Å²) in [7, 11) is 0. The van der Waals surface area contributed by atoms with Crippen LogP contribution < -0.4 is 0 Å². The maximum Gasteiger partial charge on any atom is 0.314 e. The van der Waals surface area contributed by atoms with Gasteiger partial charge in [-0.25, -0.2) is 0 Å². The SMILES string of the molecule is CCOC(=O)C(C)(C)[C@@]1(O)CC[C@@]2(C)[C@@H](CC[C@H]3[C@H]4CC[C@H](OCc5ccccc5)[C@@]4(C)CC[C@@H]32)C1. The van der Waals surface area contributed by atoms with Crippen molar-refractivity contribution in [2.45, 2.75) is 111 Å². The molecule has 4 saturated carbocycles. The van der Waals surface area contributed by atoms with Crippen LogP contribution in [0.4, 0.5) is 0 Å². The lowest BCUT2D eigenvalue weighted by Crippen LogP contribution is -2.60. The highest BCUT2D eigenvalue weighted by Crippen LogP contribution is 2.68. The van der Waals surface area contributed by atoms with E-state index < -0.39 is 11.0 Å².